The Balaban J connectivity index is 0.000000996. The molecule has 0 fully saturated rings. The quantitative estimate of drug-likeness (QED) is 0.214. The minimum Gasteiger partial charge on any atom is -0.497 e. The van der Waals surface area contributed by atoms with Crippen molar-refractivity contribution in [2.24, 2.45) is 0 Å². The molecule has 1 N–H and O–H groups in total. The van der Waals surface area contributed by atoms with Crippen LogP contribution in [0.2, 0.25) is 0 Å². The molecule has 5 nitrogen and oxygen atoms in total. The molecule has 1 aliphatic carbocycles. The third-order valence-electron chi connectivity index (χ3n) is 6.99. The molecule has 8 heteroatoms. The van der Waals surface area contributed by atoms with Gasteiger partial charge in [0.25, 0.3) is 0 Å². The molecular formula is C35H32Cl3NO4. The van der Waals surface area contributed by atoms with Crippen molar-refractivity contribution in [3.63, 3.8) is 0 Å². The topological polar surface area (TPSA) is 64.6 Å². The monoisotopic (exact) mass is 635 g/mol. The van der Waals surface area contributed by atoms with Gasteiger partial charge in [0, 0.05) is 22.8 Å². The summed E-state index contributed by atoms with van der Waals surface area (Å²) in [6.07, 6.45) is 1.41. The predicted molar refractivity (Wildman–Crippen MR) is 177 cm³/mol. The first-order valence-electron chi connectivity index (χ1n) is 13.5. The molecule has 0 amide bonds. The Morgan fingerprint density at radius 2 is 1.19 bits per heavy atom. The maximum Gasteiger partial charge on any atom is 0.210 e. The van der Waals surface area contributed by atoms with E-state index in [1.807, 2.05) is 48.5 Å². The second-order valence-electron chi connectivity index (χ2n) is 10.8. The summed E-state index contributed by atoms with van der Waals surface area (Å²) in [5, 5.41) is 3.41. The van der Waals surface area contributed by atoms with Crippen molar-refractivity contribution in [2.45, 2.75) is 30.5 Å². The Labute approximate surface area is 267 Å². The van der Waals surface area contributed by atoms with E-state index in [9.17, 15) is 9.59 Å². The van der Waals surface area contributed by atoms with Gasteiger partial charge in [-0.25, -0.2) is 0 Å². The standard InChI is InChI=1S/C34H31NO4.CHCl3/c1-34(2,3)29-19-23(21-10-14-24(38-4)15-11-21)18-28(22-12-16-25(39-5)17-13-22)32(29)35-30-20-31(36)26-8-6-7-9-27(26)33(30)37;2-1(3)4/h6-20,35H,1-5H3;1H. The smallest absolute Gasteiger partial charge is 0.210 e. The second kappa shape index (κ2) is 13.7. The molecule has 0 atom stereocenters. The zero-order chi connectivity index (χ0) is 31.3. The number of fused-ring (bicyclic) bond motifs is 1. The summed E-state index contributed by atoms with van der Waals surface area (Å²) in [5.74, 6) is 1.15. The fourth-order valence-corrected chi connectivity index (χ4v) is 4.86. The van der Waals surface area contributed by atoms with Crippen molar-refractivity contribution in [1.82, 2.24) is 0 Å². The number of ketones is 2. The van der Waals surface area contributed by atoms with Gasteiger partial charge < -0.3 is 14.8 Å². The van der Waals surface area contributed by atoms with Gasteiger partial charge >= 0.3 is 0 Å². The summed E-state index contributed by atoms with van der Waals surface area (Å²) in [6.45, 7) is 6.42. The van der Waals surface area contributed by atoms with Gasteiger partial charge in [-0.15, -0.1) is 0 Å². The summed E-state index contributed by atoms with van der Waals surface area (Å²) in [7, 11) is 3.29. The van der Waals surface area contributed by atoms with Crippen LogP contribution in [0, 0.1) is 0 Å². The van der Waals surface area contributed by atoms with Crippen molar-refractivity contribution in [3.8, 4) is 33.8 Å². The lowest BCUT2D eigenvalue weighted by atomic mass is 9.81. The van der Waals surface area contributed by atoms with Gasteiger partial charge in [-0.3, -0.25) is 9.59 Å². The van der Waals surface area contributed by atoms with Crippen LogP contribution in [-0.2, 0) is 5.41 Å². The van der Waals surface area contributed by atoms with Crippen LogP contribution in [0.15, 0.2) is 96.7 Å². The van der Waals surface area contributed by atoms with E-state index in [0.717, 1.165) is 45.0 Å². The average Bonchev–Trinajstić information content (AvgIpc) is 2.99. The summed E-state index contributed by atoms with van der Waals surface area (Å²) in [4.78, 5) is 26.4. The highest BCUT2D eigenvalue weighted by molar-refractivity contribution is 6.63. The summed E-state index contributed by atoms with van der Waals surface area (Å²) < 4.78 is 10.00. The number of anilines is 1. The predicted octanol–water partition coefficient (Wildman–Crippen LogP) is 9.70. The molecule has 0 aromatic heterocycles. The number of nitrogens with one attached hydrogen (secondary N) is 1. The Morgan fingerprint density at radius 3 is 1.70 bits per heavy atom. The van der Waals surface area contributed by atoms with E-state index in [1.165, 1.54) is 6.08 Å². The maximum atomic E-state index is 13.5. The molecule has 0 heterocycles. The van der Waals surface area contributed by atoms with E-state index in [4.69, 9.17) is 44.3 Å². The number of Topliss-reactive ketones (excluding diaryl/α,β-unsaturated/α-hetero) is 1. The van der Waals surface area contributed by atoms with Gasteiger partial charge in [0.1, 0.15) is 11.5 Å². The highest BCUT2D eigenvalue weighted by Crippen LogP contribution is 2.43. The second-order valence-corrected chi connectivity index (χ2v) is 12.8. The molecule has 0 spiro atoms. The van der Waals surface area contributed by atoms with Crippen LogP contribution in [-0.4, -0.2) is 30.1 Å². The zero-order valence-electron chi connectivity index (χ0n) is 24.5. The number of halogens is 3. The highest BCUT2D eigenvalue weighted by atomic mass is 35.6. The lowest BCUT2D eigenvalue weighted by molar-refractivity contribution is 0.0985. The van der Waals surface area contributed by atoms with Crippen LogP contribution >= 0.6 is 34.8 Å². The van der Waals surface area contributed by atoms with Crippen LogP contribution in [0.25, 0.3) is 22.3 Å². The maximum absolute atomic E-state index is 13.5. The lowest BCUT2D eigenvalue weighted by Crippen LogP contribution is -2.23. The number of methoxy groups -OCH3 is 2. The van der Waals surface area contributed by atoms with Crippen molar-refractivity contribution in [2.75, 3.05) is 19.5 Å². The molecule has 43 heavy (non-hydrogen) atoms. The number of benzene rings is 4. The number of alkyl halides is 3. The Kier molecular flexibility index (Phi) is 10.2. The Bertz CT molecular complexity index is 1650. The molecule has 0 unspecified atom stereocenters. The van der Waals surface area contributed by atoms with Crippen molar-refractivity contribution in [1.29, 1.82) is 0 Å². The van der Waals surface area contributed by atoms with Crippen LogP contribution < -0.4 is 14.8 Å². The molecule has 0 saturated heterocycles. The molecule has 0 saturated carbocycles. The number of allylic oxidation sites excluding steroid dienone is 2. The average molecular weight is 637 g/mol. The van der Waals surface area contributed by atoms with Gasteiger partial charge in [0.2, 0.25) is 5.78 Å². The van der Waals surface area contributed by atoms with Gasteiger partial charge in [-0.1, -0.05) is 104 Å². The van der Waals surface area contributed by atoms with E-state index in [0.29, 0.717) is 11.1 Å². The third kappa shape index (κ3) is 7.61. The van der Waals surface area contributed by atoms with Crippen molar-refractivity contribution >= 4 is 52.1 Å². The minimum atomic E-state index is -0.750. The first kappa shape index (κ1) is 32.2. The van der Waals surface area contributed by atoms with Gasteiger partial charge in [-0.2, -0.15) is 0 Å². The molecule has 0 aliphatic heterocycles. The van der Waals surface area contributed by atoms with Gasteiger partial charge in [-0.05, 0) is 64.1 Å². The minimum absolute atomic E-state index is 0.189. The van der Waals surface area contributed by atoms with E-state index in [1.54, 1.807) is 38.5 Å². The number of rotatable bonds is 6. The van der Waals surface area contributed by atoms with Crippen LogP contribution in [0.5, 0.6) is 11.5 Å². The fraction of sp³-hybridized carbons (Fsp3) is 0.200. The number of ether oxygens (including phenoxy) is 2. The summed E-state index contributed by atoms with van der Waals surface area (Å²) in [5.41, 5.74) is 6.55. The molecule has 1 aliphatic rings. The van der Waals surface area contributed by atoms with E-state index in [-0.39, 0.29) is 22.7 Å². The van der Waals surface area contributed by atoms with Crippen LogP contribution in [0.3, 0.4) is 0 Å². The molecule has 0 bridgehead atoms. The molecule has 5 rings (SSSR count). The SMILES string of the molecule is COc1ccc(-c2cc(-c3ccc(OC)cc3)c(NC3=CC(=O)c4ccccc4C3=O)c(C(C)(C)C)c2)cc1.ClC(Cl)Cl. The van der Waals surface area contributed by atoms with Gasteiger partial charge in [0.05, 0.1) is 25.6 Å². The first-order chi connectivity index (χ1) is 20.4. The normalized spacial score (nSPS) is 12.6. The number of carbonyl (C=O) groups is 2. The Morgan fingerprint density at radius 1 is 0.674 bits per heavy atom. The number of carbonyl (C=O) groups excluding carboxylic acids is 2. The highest BCUT2D eigenvalue weighted by Gasteiger charge is 2.29. The van der Waals surface area contributed by atoms with Crippen molar-refractivity contribution in [3.05, 3.63) is 113 Å². The number of hydrogen-bond donors (Lipinski definition) is 1. The molecule has 4 aromatic carbocycles. The molecular weight excluding hydrogens is 605 g/mol. The first-order valence-corrected chi connectivity index (χ1v) is 14.8. The summed E-state index contributed by atoms with van der Waals surface area (Å²) in [6, 6.07) is 27.0. The Hall–Kier alpha value is -3.77. The lowest BCUT2D eigenvalue weighted by Gasteiger charge is -2.28. The summed E-state index contributed by atoms with van der Waals surface area (Å²) >= 11 is 14.4. The van der Waals surface area contributed by atoms with Crippen LogP contribution in [0.1, 0.15) is 47.1 Å². The molecule has 0 radical (unpaired) electrons. The largest absolute Gasteiger partial charge is 0.497 e. The fourth-order valence-electron chi connectivity index (χ4n) is 4.86. The van der Waals surface area contributed by atoms with E-state index >= 15 is 0 Å². The van der Waals surface area contributed by atoms with Crippen LogP contribution in [0.4, 0.5) is 5.69 Å². The molecule has 4 aromatic rings. The number of hydrogen-bond acceptors (Lipinski definition) is 5. The van der Waals surface area contributed by atoms with E-state index < -0.39 is 4.30 Å². The third-order valence-corrected chi connectivity index (χ3v) is 6.99. The molecule has 222 valence electrons. The zero-order valence-corrected chi connectivity index (χ0v) is 26.8. The van der Waals surface area contributed by atoms with Crippen molar-refractivity contribution < 1.29 is 19.1 Å². The van der Waals surface area contributed by atoms with Gasteiger partial charge in [0.15, 0.2) is 10.1 Å². The van der Waals surface area contributed by atoms with E-state index in [2.05, 4.69) is 38.2 Å².